The molecule has 7 heteroatoms. The van der Waals surface area contributed by atoms with Crippen LogP contribution < -0.4 is 15.8 Å². The molecule has 128 valence electrons. The van der Waals surface area contributed by atoms with Gasteiger partial charge in [0.15, 0.2) is 0 Å². The Morgan fingerprint density at radius 1 is 1.33 bits per heavy atom. The highest BCUT2D eigenvalue weighted by Gasteiger charge is 2.19. The number of thiophene rings is 1. The molecule has 0 saturated carbocycles. The molecule has 1 aromatic heterocycles. The zero-order chi connectivity index (χ0) is 17.7. The lowest BCUT2D eigenvalue weighted by molar-refractivity contribution is -0.117. The van der Waals surface area contributed by atoms with Crippen LogP contribution in [0.1, 0.15) is 28.9 Å². The van der Waals surface area contributed by atoms with Crippen molar-refractivity contribution in [2.45, 2.75) is 13.0 Å². The van der Waals surface area contributed by atoms with Gasteiger partial charge in [0, 0.05) is 11.6 Å². The number of methoxy groups -OCH3 is 1. The van der Waals surface area contributed by atoms with E-state index in [2.05, 4.69) is 5.32 Å². The minimum atomic E-state index is -0.553. The standard InChI is InChI=1S/C17H21N3O3S/c1-11(12-6-4-5-7-14(12)23-3)20(2)10-15(21)19-17-13(16(18)22)8-9-24-17/h4-9,11H,10H2,1-3H3,(H2,18,22)(H,19,21)/t11-/m0/s1. The smallest absolute Gasteiger partial charge is 0.251 e. The summed E-state index contributed by atoms with van der Waals surface area (Å²) >= 11 is 1.27. The molecule has 0 radical (unpaired) electrons. The third kappa shape index (κ3) is 4.12. The fourth-order valence-corrected chi connectivity index (χ4v) is 3.19. The predicted molar refractivity (Wildman–Crippen MR) is 95.5 cm³/mol. The summed E-state index contributed by atoms with van der Waals surface area (Å²) in [6, 6.07) is 9.30. The van der Waals surface area contributed by atoms with Gasteiger partial charge in [-0.1, -0.05) is 18.2 Å². The third-order valence-corrected chi connectivity index (χ3v) is 4.66. The number of carbonyl (C=O) groups excluding carboxylic acids is 2. The second-order valence-electron chi connectivity index (χ2n) is 5.41. The van der Waals surface area contributed by atoms with E-state index >= 15 is 0 Å². The minimum absolute atomic E-state index is 0.00848. The van der Waals surface area contributed by atoms with Crippen LogP contribution in [0.3, 0.4) is 0 Å². The summed E-state index contributed by atoms with van der Waals surface area (Å²) in [6.07, 6.45) is 0. The number of primary amides is 1. The van der Waals surface area contributed by atoms with Crippen LogP contribution in [0.25, 0.3) is 0 Å². The topological polar surface area (TPSA) is 84.7 Å². The molecule has 0 bridgehead atoms. The van der Waals surface area contributed by atoms with Gasteiger partial charge in [-0.05, 0) is 31.5 Å². The molecule has 24 heavy (non-hydrogen) atoms. The zero-order valence-corrected chi connectivity index (χ0v) is 14.7. The van der Waals surface area contributed by atoms with Gasteiger partial charge in [-0.15, -0.1) is 11.3 Å². The van der Waals surface area contributed by atoms with Crippen LogP contribution in [0.15, 0.2) is 35.7 Å². The average molecular weight is 347 g/mol. The minimum Gasteiger partial charge on any atom is -0.496 e. The summed E-state index contributed by atoms with van der Waals surface area (Å²) in [4.78, 5) is 25.5. The van der Waals surface area contributed by atoms with Crippen molar-refractivity contribution < 1.29 is 14.3 Å². The first-order valence-electron chi connectivity index (χ1n) is 7.44. The molecule has 2 aromatic rings. The van der Waals surface area contributed by atoms with E-state index in [1.807, 2.05) is 43.1 Å². The molecule has 0 spiro atoms. The van der Waals surface area contributed by atoms with E-state index in [9.17, 15) is 9.59 Å². The van der Waals surface area contributed by atoms with Gasteiger partial charge >= 0.3 is 0 Å². The number of ether oxygens (including phenoxy) is 1. The monoisotopic (exact) mass is 347 g/mol. The molecular weight excluding hydrogens is 326 g/mol. The van der Waals surface area contributed by atoms with Crippen molar-refractivity contribution in [1.82, 2.24) is 4.90 Å². The van der Waals surface area contributed by atoms with Gasteiger partial charge in [-0.3, -0.25) is 14.5 Å². The molecule has 0 saturated heterocycles. The molecule has 2 amide bonds. The molecule has 3 N–H and O–H groups in total. The number of para-hydroxylation sites is 1. The van der Waals surface area contributed by atoms with Crippen molar-refractivity contribution in [2.75, 3.05) is 26.0 Å². The molecule has 0 aliphatic carbocycles. The highest BCUT2D eigenvalue weighted by molar-refractivity contribution is 7.14. The summed E-state index contributed by atoms with van der Waals surface area (Å²) in [7, 11) is 3.49. The number of hydrogen-bond acceptors (Lipinski definition) is 5. The highest BCUT2D eigenvalue weighted by atomic mass is 32.1. The van der Waals surface area contributed by atoms with Crippen molar-refractivity contribution >= 4 is 28.2 Å². The van der Waals surface area contributed by atoms with Gasteiger partial charge in [0.25, 0.3) is 5.91 Å². The normalized spacial score (nSPS) is 12.0. The Morgan fingerprint density at radius 2 is 2.04 bits per heavy atom. The van der Waals surface area contributed by atoms with E-state index in [1.165, 1.54) is 11.3 Å². The van der Waals surface area contributed by atoms with Gasteiger partial charge in [-0.2, -0.15) is 0 Å². The maximum absolute atomic E-state index is 12.3. The van der Waals surface area contributed by atoms with Crippen molar-refractivity contribution in [3.05, 3.63) is 46.8 Å². The molecule has 2 rings (SSSR count). The molecule has 1 atom stereocenters. The van der Waals surface area contributed by atoms with E-state index in [-0.39, 0.29) is 18.5 Å². The Morgan fingerprint density at radius 3 is 2.71 bits per heavy atom. The number of anilines is 1. The molecule has 1 heterocycles. The molecular formula is C17H21N3O3S. The summed E-state index contributed by atoms with van der Waals surface area (Å²) < 4.78 is 5.37. The molecule has 1 aromatic carbocycles. The Hall–Kier alpha value is -2.38. The van der Waals surface area contributed by atoms with E-state index in [1.54, 1.807) is 18.6 Å². The number of amides is 2. The highest BCUT2D eigenvalue weighted by Crippen LogP contribution is 2.28. The number of carbonyl (C=O) groups is 2. The number of nitrogens with two attached hydrogens (primary N) is 1. The zero-order valence-electron chi connectivity index (χ0n) is 13.9. The Labute approximate surface area is 145 Å². The fraction of sp³-hybridized carbons (Fsp3) is 0.294. The summed E-state index contributed by atoms with van der Waals surface area (Å²) in [6.45, 7) is 2.18. The number of rotatable bonds is 7. The summed E-state index contributed by atoms with van der Waals surface area (Å²) in [5.74, 6) is 0.0259. The molecule has 0 aliphatic heterocycles. The SMILES string of the molecule is COc1ccccc1[C@H](C)N(C)CC(=O)Nc1sccc1C(N)=O. The lowest BCUT2D eigenvalue weighted by Crippen LogP contribution is -2.32. The Kier molecular flexibility index (Phi) is 5.94. The van der Waals surface area contributed by atoms with Crippen molar-refractivity contribution in [3.63, 3.8) is 0 Å². The van der Waals surface area contributed by atoms with Gasteiger partial charge in [0.1, 0.15) is 10.8 Å². The first-order valence-corrected chi connectivity index (χ1v) is 8.32. The lowest BCUT2D eigenvalue weighted by Gasteiger charge is -2.25. The Bertz CT molecular complexity index is 729. The van der Waals surface area contributed by atoms with Gasteiger partial charge in [-0.25, -0.2) is 0 Å². The first-order chi connectivity index (χ1) is 11.4. The molecule has 0 fully saturated rings. The van der Waals surface area contributed by atoms with Crippen LogP contribution in [-0.2, 0) is 4.79 Å². The number of hydrogen-bond donors (Lipinski definition) is 2. The second kappa shape index (κ2) is 7.94. The van der Waals surface area contributed by atoms with Crippen LogP contribution in [0.2, 0.25) is 0 Å². The van der Waals surface area contributed by atoms with Crippen molar-refractivity contribution in [3.8, 4) is 5.75 Å². The van der Waals surface area contributed by atoms with Crippen LogP contribution in [0.5, 0.6) is 5.75 Å². The Balaban J connectivity index is 2.03. The van der Waals surface area contributed by atoms with E-state index in [0.717, 1.165) is 11.3 Å². The first kappa shape index (κ1) is 18.0. The molecule has 0 aliphatic rings. The third-order valence-electron chi connectivity index (χ3n) is 3.83. The quantitative estimate of drug-likeness (QED) is 0.806. The molecule has 0 unspecified atom stereocenters. The summed E-state index contributed by atoms with van der Waals surface area (Å²) in [5.41, 5.74) is 6.62. The van der Waals surface area contributed by atoms with Crippen LogP contribution in [0, 0.1) is 0 Å². The average Bonchev–Trinajstić information content (AvgIpc) is 3.02. The van der Waals surface area contributed by atoms with Gasteiger partial charge in [0.05, 0.1) is 19.2 Å². The van der Waals surface area contributed by atoms with Gasteiger partial charge in [0.2, 0.25) is 5.91 Å². The van der Waals surface area contributed by atoms with Gasteiger partial charge < -0.3 is 15.8 Å². The van der Waals surface area contributed by atoms with Crippen molar-refractivity contribution in [2.24, 2.45) is 5.73 Å². The lowest BCUT2D eigenvalue weighted by atomic mass is 10.1. The largest absolute Gasteiger partial charge is 0.496 e. The van der Waals surface area contributed by atoms with Crippen LogP contribution >= 0.6 is 11.3 Å². The van der Waals surface area contributed by atoms with Crippen LogP contribution in [0.4, 0.5) is 5.00 Å². The number of nitrogens with zero attached hydrogens (tertiary/aromatic N) is 1. The van der Waals surface area contributed by atoms with E-state index in [4.69, 9.17) is 10.5 Å². The maximum Gasteiger partial charge on any atom is 0.251 e. The fourth-order valence-electron chi connectivity index (χ4n) is 2.38. The maximum atomic E-state index is 12.3. The predicted octanol–water partition coefficient (Wildman–Crippen LogP) is 2.49. The number of benzene rings is 1. The number of likely N-dealkylation sites (N-methyl/N-ethyl adjacent to an activating group) is 1. The van der Waals surface area contributed by atoms with Crippen molar-refractivity contribution in [1.29, 1.82) is 0 Å². The van der Waals surface area contributed by atoms with E-state index < -0.39 is 5.91 Å². The van der Waals surface area contributed by atoms with E-state index in [0.29, 0.717) is 10.6 Å². The number of nitrogens with one attached hydrogen (secondary N) is 1. The second-order valence-corrected chi connectivity index (χ2v) is 6.32. The molecule has 6 nitrogen and oxygen atoms in total. The van der Waals surface area contributed by atoms with Crippen LogP contribution in [-0.4, -0.2) is 37.4 Å². The summed E-state index contributed by atoms with van der Waals surface area (Å²) in [5, 5.41) is 4.94.